The Kier molecular flexibility index (Phi) is 5.01. The first kappa shape index (κ1) is 20.0. The van der Waals surface area contributed by atoms with Crippen molar-refractivity contribution in [1.82, 2.24) is 23.8 Å². The lowest BCUT2D eigenvalue weighted by Crippen LogP contribution is -2.42. The maximum atomic E-state index is 13.1. The lowest BCUT2D eigenvalue weighted by Gasteiger charge is -2.32. The topological polar surface area (TPSA) is 95.3 Å². The van der Waals surface area contributed by atoms with Gasteiger partial charge in [0, 0.05) is 26.1 Å². The minimum Gasteiger partial charge on any atom is -0.408 e. The average Bonchev–Trinajstić information content (AvgIpc) is 3.30. The molecule has 1 aliphatic rings. The molecule has 164 valence electrons. The van der Waals surface area contributed by atoms with Gasteiger partial charge in [0.25, 0.3) is 0 Å². The third kappa shape index (κ3) is 3.45. The molecule has 0 N–H and O–H groups in total. The normalized spacial score (nSPS) is 16.5. The van der Waals surface area contributed by atoms with Gasteiger partial charge in [0.2, 0.25) is 5.91 Å². The molecule has 2 aromatic carbocycles. The zero-order valence-electron chi connectivity index (χ0n) is 17.7. The number of aryl methyl sites for hydroxylation is 1. The molecule has 2 aromatic heterocycles. The van der Waals surface area contributed by atoms with Crippen molar-refractivity contribution in [2.24, 2.45) is 7.05 Å². The van der Waals surface area contributed by atoms with Gasteiger partial charge in [-0.05, 0) is 37.1 Å². The van der Waals surface area contributed by atoms with Crippen LogP contribution in [-0.2, 0) is 18.4 Å². The first-order valence-corrected chi connectivity index (χ1v) is 10.6. The summed E-state index contributed by atoms with van der Waals surface area (Å²) in [6.45, 7) is 0.950. The smallest absolute Gasteiger partial charge is 0.408 e. The zero-order chi connectivity index (χ0) is 22.2. The minimum absolute atomic E-state index is 0.0837. The van der Waals surface area contributed by atoms with Gasteiger partial charge in [-0.3, -0.25) is 9.36 Å². The molecular formula is C23H23N5O4. The van der Waals surface area contributed by atoms with E-state index in [1.807, 2.05) is 30.3 Å². The lowest BCUT2D eigenvalue weighted by molar-refractivity contribution is -0.133. The fraction of sp³-hybridized carbons (Fsp3) is 0.304. The number of benzene rings is 2. The Morgan fingerprint density at radius 1 is 1.09 bits per heavy atom. The van der Waals surface area contributed by atoms with Crippen LogP contribution >= 0.6 is 0 Å². The second-order valence-electron chi connectivity index (χ2n) is 8.04. The number of aromatic nitrogens is 4. The zero-order valence-corrected chi connectivity index (χ0v) is 17.7. The van der Waals surface area contributed by atoms with Gasteiger partial charge < -0.3 is 9.32 Å². The molecule has 0 spiro atoms. The predicted octanol–water partition coefficient (Wildman–Crippen LogP) is 1.89. The van der Waals surface area contributed by atoms with Crippen LogP contribution in [0.5, 0.6) is 0 Å². The maximum absolute atomic E-state index is 13.1. The molecule has 9 nitrogen and oxygen atoms in total. The quantitative estimate of drug-likeness (QED) is 0.490. The van der Waals surface area contributed by atoms with Crippen molar-refractivity contribution in [1.29, 1.82) is 0 Å². The summed E-state index contributed by atoms with van der Waals surface area (Å²) in [6.07, 6.45) is 1.61. The molecule has 0 bridgehead atoms. The summed E-state index contributed by atoms with van der Waals surface area (Å²) in [5.41, 5.74) is 1.59. The van der Waals surface area contributed by atoms with Crippen LogP contribution < -0.4 is 11.4 Å². The summed E-state index contributed by atoms with van der Waals surface area (Å²) in [5.74, 6) is -0.143. The molecule has 1 amide bonds. The van der Waals surface area contributed by atoms with Crippen LogP contribution in [0.2, 0.25) is 0 Å². The van der Waals surface area contributed by atoms with E-state index in [4.69, 9.17) is 4.42 Å². The molecule has 4 aromatic rings. The van der Waals surface area contributed by atoms with Gasteiger partial charge in [0.1, 0.15) is 12.4 Å². The van der Waals surface area contributed by atoms with Gasteiger partial charge in [-0.1, -0.05) is 30.3 Å². The number of para-hydroxylation sites is 3. The molecule has 32 heavy (non-hydrogen) atoms. The fourth-order valence-corrected chi connectivity index (χ4v) is 4.38. The molecule has 3 heterocycles. The van der Waals surface area contributed by atoms with E-state index in [1.165, 1.54) is 9.25 Å². The first-order valence-electron chi connectivity index (χ1n) is 10.6. The van der Waals surface area contributed by atoms with Crippen molar-refractivity contribution in [3.05, 3.63) is 81.5 Å². The van der Waals surface area contributed by atoms with Crippen LogP contribution in [0.3, 0.4) is 0 Å². The molecular weight excluding hydrogens is 410 g/mol. The summed E-state index contributed by atoms with van der Waals surface area (Å²) in [4.78, 5) is 39.9. The van der Waals surface area contributed by atoms with Crippen LogP contribution in [0.4, 0.5) is 0 Å². The van der Waals surface area contributed by atoms with Crippen LogP contribution in [0.15, 0.2) is 68.6 Å². The number of carbonyl (C=O) groups excluding carboxylic acids is 1. The number of hydrogen-bond acceptors (Lipinski definition) is 5. The SMILES string of the molecule is Cn1nc([C@H]2CCCN(C(=O)Cn3c(=O)oc4ccccc43)C2)n(-c2ccccc2)c1=O. The number of fused-ring (bicyclic) bond motifs is 1. The van der Waals surface area contributed by atoms with Crippen molar-refractivity contribution in [2.75, 3.05) is 13.1 Å². The van der Waals surface area contributed by atoms with Crippen molar-refractivity contribution in [3.63, 3.8) is 0 Å². The van der Waals surface area contributed by atoms with Crippen LogP contribution in [-0.4, -0.2) is 42.8 Å². The van der Waals surface area contributed by atoms with E-state index in [9.17, 15) is 14.4 Å². The second-order valence-corrected chi connectivity index (χ2v) is 8.04. The number of hydrogen-bond donors (Lipinski definition) is 0. The summed E-state index contributed by atoms with van der Waals surface area (Å²) in [5, 5.41) is 4.49. The molecule has 0 radical (unpaired) electrons. The summed E-state index contributed by atoms with van der Waals surface area (Å²) < 4.78 is 9.56. The van der Waals surface area contributed by atoms with E-state index in [2.05, 4.69) is 5.10 Å². The largest absolute Gasteiger partial charge is 0.420 e. The first-order chi connectivity index (χ1) is 15.5. The van der Waals surface area contributed by atoms with E-state index in [1.54, 1.807) is 40.8 Å². The van der Waals surface area contributed by atoms with Gasteiger partial charge >= 0.3 is 11.4 Å². The number of piperidine rings is 1. The summed E-state index contributed by atoms with van der Waals surface area (Å²) >= 11 is 0. The Morgan fingerprint density at radius 2 is 1.84 bits per heavy atom. The highest BCUT2D eigenvalue weighted by atomic mass is 16.4. The molecule has 1 atom stereocenters. The Balaban J connectivity index is 1.41. The number of oxazole rings is 1. The van der Waals surface area contributed by atoms with Crippen LogP contribution in [0, 0.1) is 0 Å². The molecule has 1 aliphatic heterocycles. The van der Waals surface area contributed by atoms with Gasteiger partial charge in [-0.15, -0.1) is 0 Å². The number of nitrogens with zero attached hydrogens (tertiary/aromatic N) is 5. The molecule has 1 fully saturated rings. The third-order valence-corrected chi connectivity index (χ3v) is 5.97. The Morgan fingerprint density at radius 3 is 2.66 bits per heavy atom. The minimum atomic E-state index is -0.546. The number of rotatable bonds is 4. The second kappa shape index (κ2) is 7.99. The molecule has 0 aliphatic carbocycles. The Bertz CT molecular complexity index is 1400. The van der Waals surface area contributed by atoms with Gasteiger partial charge in [-0.25, -0.2) is 18.8 Å². The van der Waals surface area contributed by atoms with E-state index < -0.39 is 5.76 Å². The molecule has 1 saturated heterocycles. The maximum Gasteiger partial charge on any atom is 0.420 e. The molecule has 9 heteroatoms. The lowest BCUT2D eigenvalue weighted by atomic mass is 9.97. The standard InChI is InChI=1S/C23H23N5O4/c1-25-22(30)28(17-9-3-2-4-10-17)21(24-25)16-8-7-13-26(14-16)20(29)15-27-18-11-5-6-12-19(18)32-23(27)31/h2-6,9-12,16H,7-8,13-15H2,1H3/t16-/m0/s1. The van der Waals surface area contributed by atoms with Crippen molar-refractivity contribution < 1.29 is 9.21 Å². The summed E-state index contributed by atoms with van der Waals surface area (Å²) in [7, 11) is 1.63. The monoisotopic (exact) mass is 433 g/mol. The third-order valence-electron chi connectivity index (χ3n) is 5.97. The molecule has 5 rings (SSSR count). The van der Waals surface area contributed by atoms with Crippen molar-refractivity contribution in [2.45, 2.75) is 25.3 Å². The number of amides is 1. The van der Waals surface area contributed by atoms with Gasteiger partial charge in [0.15, 0.2) is 5.58 Å². The highest BCUT2D eigenvalue weighted by molar-refractivity contribution is 5.79. The van der Waals surface area contributed by atoms with Gasteiger partial charge in [-0.2, -0.15) is 5.10 Å². The van der Waals surface area contributed by atoms with Gasteiger partial charge in [0.05, 0.1) is 11.2 Å². The molecule has 0 unspecified atom stereocenters. The van der Waals surface area contributed by atoms with Crippen molar-refractivity contribution in [3.8, 4) is 5.69 Å². The predicted molar refractivity (Wildman–Crippen MR) is 118 cm³/mol. The Hall–Kier alpha value is -3.88. The van der Waals surface area contributed by atoms with E-state index >= 15 is 0 Å². The van der Waals surface area contributed by atoms with Crippen LogP contribution in [0.1, 0.15) is 24.6 Å². The summed E-state index contributed by atoms with van der Waals surface area (Å²) in [6, 6.07) is 16.4. The highest BCUT2D eigenvalue weighted by Gasteiger charge is 2.30. The number of likely N-dealkylation sites (tertiary alicyclic amines) is 1. The van der Waals surface area contributed by atoms with Crippen molar-refractivity contribution >= 4 is 17.0 Å². The molecule has 0 saturated carbocycles. The fourth-order valence-electron chi connectivity index (χ4n) is 4.38. The van der Waals surface area contributed by atoms with E-state index in [0.717, 1.165) is 18.5 Å². The van der Waals surface area contributed by atoms with E-state index in [-0.39, 0.29) is 24.1 Å². The Labute approximate surface area is 183 Å². The number of carbonyl (C=O) groups is 1. The average molecular weight is 433 g/mol. The highest BCUT2D eigenvalue weighted by Crippen LogP contribution is 2.27. The van der Waals surface area contributed by atoms with Crippen LogP contribution in [0.25, 0.3) is 16.8 Å². The van der Waals surface area contributed by atoms with E-state index in [0.29, 0.717) is 30.0 Å².